The van der Waals surface area contributed by atoms with Crippen molar-refractivity contribution < 1.29 is 23.8 Å². The normalized spacial score (nSPS) is 34.1. The molecule has 0 aromatic heterocycles. The molecule has 32 heavy (non-hydrogen) atoms. The van der Waals surface area contributed by atoms with Gasteiger partial charge in [-0.2, -0.15) is 0 Å². The maximum atomic E-state index is 13.5. The minimum absolute atomic E-state index is 0.0142. The molecule has 2 bridgehead atoms. The molecular formula is C22H30ClFN4O4. The number of rotatable bonds is 6. The zero-order valence-electron chi connectivity index (χ0n) is 18.0. The third kappa shape index (κ3) is 4.85. The van der Waals surface area contributed by atoms with Gasteiger partial charge in [0.25, 0.3) is 5.91 Å². The fraction of sp³-hybridized carbons (Fsp3) is 0.636. The van der Waals surface area contributed by atoms with Gasteiger partial charge in [-0.05, 0) is 51.2 Å². The summed E-state index contributed by atoms with van der Waals surface area (Å²) in [6.45, 7) is 3.13. The topological polar surface area (TPSA) is 112 Å². The molecule has 1 saturated heterocycles. The van der Waals surface area contributed by atoms with Gasteiger partial charge in [-0.1, -0.05) is 11.6 Å². The molecule has 0 spiro atoms. The molecule has 1 heterocycles. The summed E-state index contributed by atoms with van der Waals surface area (Å²) in [6.07, 6.45) is 2.07. The van der Waals surface area contributed by atoms with E-state index in [4.69, 9.17) is 16.3 Å². The molecular weight excluding hydrogens is 439 g/mol. The van der Waals surface area contributed by atoms with Crippen LogP contribution < -0.4 is 26.0 Å². The highest BCUT2D eigenvalue weighted by molar-refractivity contribution is 6.30. The Balaban J connectivity index is 1.31. The average molecular weight is 469 g/mol. The van der Waals surface area contributed by atoms with Crippen LogP contribution in [0.2, 0.25) is 5.02 Å². The van der Waals surface area contributed by atoms with Gasteiger partial charge >= 0.3 is 0 Å². The predicted molar refractivity (Wildman–Crippen MR) is 117 cm³/mol. The van der Waals surface area contributed by atoms with Gasteiger partial charge in [-0.15, -0.1) is 0 Å². The highest BCUT2D eigenvalue weighted by Gasteiger charge is 2.55. The van der Waals surface area contributed by atoms with Crippen LogP contribution >= 0.6 is 11.6 Å². The lowest BCUT2D eigenvalue weighted by atomic mass is 9.59. The Kier molecular flexibility index (Phi) is 6.63. The van der Waals surface area contributed by atoms with Crippen molar-refractivity contribution in [3.05, 3.63) is 29.0 Å². The van der Waals surface area contributed by atoms with Crippen LogP contribution in [0.4, 0.5) is 4.39 Å². The summed E-state index contributed by atoms with van der Waals surface area (Å²) >= 11 is 5.65. The molecule has 4 aliphatic rings. The number of piperazine rings is 1. The van der Waals surface area contributed by atoms with Crippen molar-refractivity contribution in [2.45, 2.75) is 68.3 Å². The zero-order chi connectivity index (χ0) is 22.9. The fourth-order valence-electron chi connectivity index (χ4n) is 5.12. The standard InChI is InChI=1S/C22H30ClFN4O4/c1-13-10-25-11-17(26-13)20(31)28-22-6-4-21(5-7-22,9-18(22)29)27-19(30)12-32-14-2-3-15(23)16(24)8-14/h2-3,8,13,17-18,25-26,29H,4-7,9-12H2,1H3,(H,27,30)(H,28,31)/t13?,17?,18-,21?,22?/m0/s1. The lowest BCUT2D eigenvalue weighted by Gasteiger charge is -2.56. The number of benzene rings is 1. The second-order valence-corrected chi connectivity index (χ2v) is 9.74. The highest BCUT2D eigenvalue weighted by Crippen LogP contribution is 2.47. The lowest BCUT2D eigenvalue weighted by Crippen LogP contribution is -2.72. The summed E-state index contributed by atoms with van der Waals surface area (Å²) < 4.78 is 18.9. The van der Waals surface area contributed by atoms with Crippen LogP contribution in [-0.2, 0) is 9.59 Å². The molecule has 5 rings (SSSR count). The maximum absolute atomic E-state index is 13.5. The summed E-state index contributed by atoms with van der Waals surface area (Å²) in [5.41, 5.74) is -1.19. The van der Waals surface area contributed by atoms with Crippen LogP contribution in [0, 0.1) is 5.82 Å². The van der Waals surface area contributed by atoms with Crippen molar-refractivity contribution in [1.82, 2.24) is 21.3 Å². The number of halogens is 2. The van der Waals surface area contributed by atoms with Crippen LogP contribution in [-0.4, -0.2) is 65.9 Å². The smallest absolute Gasteiger partial charge is 0.258 e. The zero-order valence-corrected chi connectivity index (χ0v) is 18.8. The van der Waals surface area contributed by atoms with Crippen LogP contribution in [0.3, 0.4) is 0 Å². The van der Waals surface area contributed by atoms with E-state index in [1.165, 1.54) is 12.1 Å². The Hall–Kier alpha value is -1.94. The number of nitrogens with one attached hydrogen (secondary N) is 4. The Morgan fingerprint density at radius 2 is 2.00 bits per heavy atom. The molecule has 1 aromatic rings. The third-order valence-electron chi connectivity index (χ3n) is 6.96. The number of aliphatic hydroxyl groups excluding tert-OH is 1. The van der Waals surface area contributed by atoms with Gasteiger partial charge < -0.3 is 31.1 Å². The van der Waals surface area contributed by atoms with Gasteiger partial charge in [-0.3, -0.25) is 9.59 Å². The summed E-state index contributed by atoms with van der Waals surface area (Å²) in [4.78, 5) is 25.3. The van der Waals surface area contributed by atoms with Gasteiger partial charge in [0.2, 0.25) is 5.91 Å². The maximum Gasteiger partial charge on any atom is 0.258 e. The number of hydrogen-bond donors (Lipinski definition) is 5. The van der Waals surface area contributed by atoms with E-state index in [1.54, 1.807) is 0 Å². The van der Waals surface area contributed by atoms with E-state index in [0.717, 1.165) is 12.6 Å². The number of fused-ring (bicyclic) bond motifs is 3. The molecule has 3 atom stereocenters. The Bertz CT molecular complexity index is 877. The van der Waals surface area contributed by atoms with Crippen molar-refractivity contribution in [2.24, 2.45) is 0 Å². The number of carbonyl (C=O) groups is 2. The van der Waals surface area contributed by atoms with Crippen molar-refractivity contribution in [3.8, 4) is 5.75 Å². The van der Waals surface area contributed by atoms with Crippen LogP contribution in [0.15, 0.2) is 18.2 Å². The Morgan fingerprint density at radius 3 is 2.66 bits per heavy atom. The Labute approximate surface area is 191 Å². The first-order chi connectivity index (χ1) is 15.2. The summed E-state index contributed by atoms with van der Waals surface area (Å²) in [5.74, 6) is -0.839. The molecule has 3 saturated carbocycles. The molecule has 2 amide bonds. The average Bonchev–Trinajstić information content (AvgIpc) is 2.76. The van der Waals surface area contributed by atoms with Gasteiger partial charge in [0, 0.05) is 30.7 Å². The predicted octanol–water partition coefficient (Wildman–Crippen LogP) is 0.856. The fourth-order valence-corrected chi connectivity index (χ4v) is 5.23. The molecule has 8 nitrogen and oxygen atoms in total. The van der Waals surface area contributed by atoms with Gasteiger partial charge in [-0.25, -0.2) is 4.39 Å². The van der Waals surface area contributed by atoms with E-state index in [1.807, 2.05) is 6.92 Å². The van der Waals surface area contributed by atoms with E-state index >= 15 is 0 Å². The first-order valence-electron chi connectivity index (χ1n) is 11.1. The van der Waals surface area contributed by atoms with Gasteiger partial charge in [0.1, 0.15) is 11.6 Å². The van der Waals surface area contributed by atoms with Crippen LogP contribution in [0.5, 0.6) is 5.75 Å². The molecule has 1 aliphatic heterocycles. The number of hydrogen-bond acceptors (Lipinski definition) is 6. The number of ether oxygens (including phenoxy) is 1. The van der Waals surface area contributed by atoms with Crippen molar-refractivity contribution in [2.75, 3.05) is 19.7 Å². The van der Waals surface area contributed by atoms with E-state index in [2.05, 4.69) is 21.3 Å². The summed E-state index contributed by atoms with van der Waals surface area (Å²) in [6, 6.07) is 3.87. The molecule has 5 N–H and O–H groups in total. The number of amides is 2. The second kappa shape index (κ2) is 9.13. The number of aliphatic hydroxyl groups is 1. The molecule has 10 heteroatoms. The van der Waals surface area contributed by atoms with E-state index in [9.17, 15) is 19.1 Å². The first-order valence-corrected chi connectivity index (χ1v) is 11.4. The summed E-state index contributed by atoms with van der Waals surface area (Å²) in [5, 5.41) is 23.5. The molecule has 3 aliphatic carbocycles. The third-order valence-corrected chi connectivity index (χ3v) is 7.27. The highest BCUT2D eigenvalue weighted by atomic mass is 35.5. The van der Waals surface area contributed by atoms with Crippen molar-refractivity contribution in [3.63, 3.8) is 0 Å². The van der Waals surface area contributed by atoms with Gasteiger partial charge in [0.15, 0.2) is 6.61 Å². The van der Waals surface area contributed by atoms with E-state index in [-0.39, 0.29) is 41.3 Å². The first kappa shape index (κ1) is 23.2. The molecule has 4 fully saturated rings. The molecule has 1 aromatic carbocycles. The molecule has 176 valence electrons. The largest absolute Gasteiger partial charge is 0.484 e. The van der Waals surface area contributed by atoms with Crippen molar-refractivity contribution in [1.29, 1.82) is 0 Å². The van der Waals surface area contributed by atoms with E-state index in [0.29, 0.717) is 38.6 Å². The van der Waals surface area contributed by atoms with E-state index < -0.39 is 23.0 Å². The minimum atomic E-state index is -0.755. The van der Waals surface area contributed by atoms with Gasteiger partial charge in [0.05, 0.1) is 22.7 Å². The monoisotopic (exact) mass is 468 g/mol. The van der Waals surface area contributed by atoms with Crippen molar-refractivity contribution >= 4 is 23.4 Å². The lowest BCUT2D eigenvalue weighted by molar-refractivity contribution is -0.137. The Morgan fingerprint density at radius 1 is 1.25 bits per heavy atom. The quantitative estimate of drug-likeness (QED) is 0.423. The van der Waals surface area contributed by atoms with Crippen LogP contribution in [0.25, 0.3) is 0 Å². The van der Waals surface area contributed by atoms with Crippen LogP contribution in [0.1, 0.15) is 39.0 Å². The number of carbonyl (C=O) groups excluding carboxylic acids is 2. The minimum Gasteiger partial charge on any atom is -0.484 e. The molecule has 2 unspecified atom stereocenters. The SMILES string of the molecule is CC1CNCC(C(=O)NC23CCC(NC(=O)COc4ccc(Cl)c(F)c4)(CC2)C[C@@H]3O)N1. The molecule has 0 radical (unpaired) electrons. The second-order valence-electron chi connectivity index (χ2n) is 9.34. The summed E-state index contributed by atoms with van der Waals surface area (Å²) in [7, 11) is 0.